The first-order valence-corrected chi connectivity index (χ1v) is 9.99. The smallest absolute Gasteiger partial charge is 0.123 e. The van der Waals surface area contributed by atoms with Crippen LogP contribution in [0.4, 0.5) is 4.39 Å². The highest BCUT2D eigenvalue weighted by Crippen LogP contribution is 2.18. The molecule has 0 saturated heterocycles. The fraction of sp³-hybridized carbons (Fsp3) is 0.280. The van der Waals surface area contributed by atoms with Gasteiger partial charge in [0, 0.05) is 19.6 Å². The summed E-state index contributed by atoms with van der Waals surface area (Å²) in [6, 6.07) is 22.0. The van der Waals surface area contributed by atoms with Crippen molar-refractivity contribution in [2.24, 2.45) is 0 Å². The minimum absolute atomic E-state index is 0.181. The van der Waals surface area contributed by atoms with Crippen LogP contribution in [-0.2, 0) is 13.1 Å². The zero-order valence-corrected chi connectivity index (χ0v) is 17.4. The van der Waals surface area contributed by atoms with E-state index in [2.05, 4.69) is 24.0 Å². The minimum atomic E-state index is -0.670. The van der Waals surface area contributed by atoms with E-state index in [9.17, 15) is 9.50 Å². The molecule has 0 bridgehead atoms. The first-order valence-electron chi connectivity index (χ1n) is 9.99. The summed E-state index contributed by atoms with van der Waals surface area (Å²) in [5, 5.41) is 10.6. The number of aliphatic hydroxyl groups is 1. The van der Waals surface area contributed by atoms with Crippen molar-refractivity contribution in [1.29, 1.82) is 0 Å². The third-order valence-electron chi connectivity index (χ3n) is 4.95. The quantitative estimate of drug-likeness (QED) is 0.532. The lowest BCUT2D eigenvalue weighted by molar-refractivity contribution is 0.0627. The van der Waals surface area contributed by atoms with Crippen LogP contribution in [-0.4, -0.2) is 36.4 Å². The average molecular weight is 410 g/mol. The Balaban J connectivity index is 1.63. The van der Waals surface area contributed by atoms with E-state index in [4.69, 9.17) is 9.47 Å². The van der Waals surface area contributed by atoms with E-state index in [0.717, 1.165) is 11.3 Å². The van der Waals surface area contributed by atoms with Gasteiger partial charge in [-0.25, -0.2) is 4.39 Å². The van der Waals surface area contributed by atoms with Gasteiger partial charge in [0.05, 0.1) is 7.11 Å². The van der Waals surface area contributed by atoms with E-state index >= 15 is 0 Å². The summed E-state index contributed by atoms with van der Waals surface area (Å²) in [7, 11) is 1.61. The van der Waals surface area contributed by atoms with Crippen molar-refractivity contribution in [3.05, 3.63) is 95.3 Å². The number of methoxy groups -OCH3 is 1. The molecule has 0 spiro atoms. The molecule has 158 valence electrons. The van der Waals surface area contributed by atoms with Crippen LogP contribution < -0.4 is 9.47 Å². The fourth-order valence-corrected chi connectivity index (χ4v) is 3.28. The van der Waals surface area contributed by atoms with Gasteiger partial charge < -0.3 is 14.6 Å². The minimum Gasteiger partial charge on any atom is -0.497 e. The Bertz CT molecular complexity index is 912. The molecule has 0 aliphatic rings. The van der Waals surface area contributed by atoms with Crippen LogP contribution in [0.5, 0.6) is 11.5 Å². The monoisotopic (exact) mass is 409 g/mol. The normalized spacial score (nSPS) is 12.0. The predicted octanol–water partition coefficient (Wildman–Crippen LogP) is 4.58. The first kappa shape index (κ1) is 21.8. The van der Waals surface area contributed by atoms with Gasteiger partial charge in [0.2, 0.25) is 0 Å². The number of hydrogen-bond donors (Lipinski definition) is 1. The Labute approximate surface area is 177 Å². The van der Waals surface area contributed by atoms with Crippen LogP contribution in [0.1, 0.15) is 16.7 Å². The molecule has 1 N–H and O–H groups in total. The number of benzene rings is 3. The van der Waals surface area contributed by atoms with Crippen molar-refractivity contribution in [2.45, 2.75) is 26.1 Å². The number of ether oxygens (including phenoxy) is 2. The molecule has 5 heteroatoms. The molecule has 3 aromatic carbocycles. The van der Waals surface area contributed by atoms with E-state index in [1.165, 1.54) is 23.3 Å². The van der Waals surface area contributed by atoms with Crippen LogP contribution in [0.2, 0.25) is 0 Å². The zero-order chi connectivity index (χ0) is 21.3. The van der Waals surface area contributed by atoms with Crippen molar-refractivity contribution in [2.75, 3.05) is 20.3 Å². The molecular weight excluding hydrogens is 381 g/mol. The Morgan fingerprint density at radius 3 is 2.23 bits per heavy atom. The third kappa shape index (κ3) is 6.58. The van der Waals surface area contributed by atoms with Crippen LogP contribution >= 0.6 is 0 Å². The van der Waals surface area contributed by atoms with Crippen LogP contribution in [0.15, 0.2) is 72.8 Å². The molecule has 3 aromatic rings. The van der Waals surface area contributed by atoms with Crippen molar-refractivity contribution < 1.29 is 19.0 Å². The molecule has 30 heavy (non-hydrogen) atoms. The second-order valence-electron chi connectivity index (χ2n) is 7.36. The molecule has 0 saturated carbocycles. The molecule has 3 rings (SSSR count). The number of rotatable bonds is 10. The average Bonchev–Trinajstić information content (AvgIpc) is 2.76. The maximum Gasteiger partial charge on any atom is 0.123 e. The van der Waals surface area contributed by atoms with E-state index in [-0.39, 0.29) is 12.4 Å². The predicted molar refractivity (Wildman–Crippen MR) is 116 cm³/mol. The van der Waals surface area contributed by atoms with E-state index < -0.39 is 6.10 Å². The molecule has 0 amide bonds. The maximum atomic E-state index is 13.3. The van der Waals surface area contributed by atoms with Gasteiger partial charge in [-0.05, 0) is 60.0 Å². The summed E-state index contributed by atoms with van der Waals surface area (Å²) in [6.45, 7) is 3.98. The van der Waals surface area contributed by atoms with Crippen LogP contribution in [0, 0.1) is 12.7 Å². The van der Waals surface area contributed by atoms with E-state index in [1.54, 1.807) is 19.2 Å². The summed E-state index contributed by atoms with van der Waals surface area (Å²) in [6.07, 6.45) is -0.670. The molecule has 1 unspecified atom stereocenters. The van der Waals surface area contributed by atoms with Gasteiger partial charge in [0.25, 0.3) is 0 Å². The number of halogens is 1. The molecule has 1 atom stereocenters. The standard InChI is InChI=1S/C25H28FNO3/c1-19-5-3-4-6-21(19)16-27(15-20-7-9-22(26)10-8-20)17-23(28)18-30-25-13-11-24(29-2)12-14-25/h3-14,23,28H,15-18H2,1-2H3. The number of nitrogens with zero attached hydrogens (tertiary/aromatic N) is 1. The highest BCUT2D eigenvalue weighted by atomic mass is 19.1. The topological polar surface area (TPSA) is 41.9 Å². The Kier molecular flexibility index (Phi) is 7.82. The lowest BCUT2D eigenvalue weighted by Gasteiger charge is -2.26. The number of aryl methyl sites for hydroxylation is 1. The van der Waals surface area contributed by atoms with E-state index in [0.29, 0.717) is 25.4 Å². The summed E-state index contributed by atoms with van der Waals surface area (Å²) in [5.41, 5.74) is 3.39. The molecule has 0 aliphatic carbocycles. The SMILES string of the molecule is COc1ccc(OCC(O)CN(Cc2ccc(F)cc2)Cc2ccccc2C)cc1. The highest BCUT2D eigenvalue weighted by molar-refractivity contribution is 5.31. The van der Waals surface area contributed by atoms with Crippen molar-refractivity contribution in [1.82, 2.24) is 4.90 Å². The molecular formula is C25H28FNO3. The van der Waals surface area contributed by atoms with Crippen molar-refractivity contribution in [3.8, 4) is 11.5 Å². The summed E-state index contributed by atoms with van der Waals surface area (Å²) < 4.78 is 24.1. The van der Waals surface area contributed by atoms with Gasteiger partial charge >= 0.3 is 0 Å². The van der Waals surface area contributed by atoms with Crippen LogP contribution in [0.3, 0.4) is 0 Å². The van der Waals surface area contributed by atoms with E-state index in [1.807, 2.05) is 36.4 Å². The molecule has 0 radical (unpaired) electrons. The molecule has 4 nitrogen and oxygen atoms in total. The van der Waals surface area contributed by atoms with Gasteiger partial charge in [0.1, 0.15) is 30.0 Å². The maximum absolute atomic E-state index is 13.3. The molecule has 0 aromatic heterocycles. The van der Waals surface area contributed by atoms with Gasteiger partial charge in [-0.3, -0.25) is 4.90 Å². The molecule has 0 heterocycles. The summed E-state index contributed by atoms with van der Waals surface area (Å²) in [5.74, 6) is 1.18. The molecule has 0 aliphatic heterocycles. The summed E-state index contributed by atoms with van der Waals surface area (Å²) in [4.78, 5) is 2.15. The highest BCUT2D eigenvalue weighted by Gasteiger charge is 2.15. The number of aliphatic hydroxyl groups excluding tert-OH is 1. The lowest BCUT2D eigenvalue weighted by atomic mass is 10.1. The van der Waals surface area contributed by atoms with Crippen LogP contribution in [0.25, 0.3) is 0 Å². The largest absolute Gasteiger partial charge is 0.497 e. The fourth-order valence-electron chi connectivity index (χ4n) is 3.28. The second kappa shape index (κ2) is 10.8. The second-order valence-corrected chi connectivity index (χ2v) is 7.36. The van der Waals surface area contributed by atoms with Crippen molar-refractivity contribution >= 4 is 0 Å². The zero-order valence-electron chi connectivity index (χ0n) is 17.4. The Hall–Kier alpha value is -2.89. The first-order chi connectivity index (χ1) is 14.5. The van der Waals surface area contributed by atoms with Gasteiger partial charge in [-0.2, -0.15) is 0 Å². The lowest BCUT2D eigenvalue weighted by Crippen LogP contribution is -2.35. The third-order valence-corrected chi connectivity index (χ3v) is 4.95. The van der Waals surface area contributed by atoms with Gasteiger partial charge in [-0.15, -0.1) is 0 Å². The van der Waals surface area contributed by atoms with Gasteiger partial charge in [0.15, 0.2) is 0 Å². The Morgan fingerprint density at radius 2 is 1.57 bits per heavy atom. The molecule has 0 fully saturated rings. The summed E-state index contributed by atoms with van der Waals surface area (Å²) >= 11 is 0. The van der Waals surface area contributed by atoms with Crippen molar-refractivity contribution in [3.63, 3.8) is 0 Å². The number of hydrogen-bond acceptors (Lipinski definition) is 4. The van der Waals surface area contributed by atoms with Gasteiger partial charge in [-0.1, -0.05) is 36.4 Å². The Morgan fingerprint density at radius 1 is 0.900 bits per heavy atom.